The molecule has 0 radical (unpaired) electrons. The minimum absolute atomic E-state index is 0.0182. The fourth-order valence-corrected chi connectivity index (χ4v) is 4.40. The first-order valence-corrected chi connectivity index (χ1v) is 10.4. The molecule has 2 heterocycles. The van der Waals surface area contributed by atoms with Crippen molar-refractivity contribution in [3.63, 3.8) is 0 Å². The number of nitrogens with one attached hydrogen (secondary N) is 1. The van der Waals surface area contributed by atoms with E-state index in [0.717, 1.165) is 25.7 Å². The summed E-state index contributed by atoms with van der Waals surface area (Å²) in [5, 5.41) is 3.14. The lowest BCUT2D eigenvalue weighted by molar-refractivity contribution is -0.107. The Kier molecular flexibility index (Phi) is 6.09. The van der Waals surface area contributed by atoms with Gasteiger partial charge in [-0.2, -0.15) is 0 Å². The largest absolute Gasteiger partial charge is 0.472 e. The summed E-state index contributed by atoms with van der Waals surface area (Å²) < 4.78 is 25.7. The van der Waals surface area contributed by atoms with E-state index in [1.165, 1.54) is 25.3 Å². The Morgan fingerprint density at radius 2 is 2.03 bits per heavy atom. The Labute approximate surface area is 170 Å². The molecule has 1 saturated heterocycles. The van der Waals surface area contributed by atoms with Gasteiger partial charge in [-0.1, -0.05) is 37.5 Å². The molecule has 1 aliphatic carbocycles. The lowest BCUT2D eigenvalue weighted by Gasteiger charge is -2.43. The van der Waals surface area contributed by atoms with Gasteiger partial charge in [0.2, 0.25) is 5.88 Å². The van der Waals surface area contributed by atoms with Crippen LogP contribution in [0.3, 0.4) is 0 Å². The Balaban J connectivity index is 1.41. The molecule has 1 atom stereocenters. The molecule has 2 aliphatic rings. The second-order valence-electron chi connectivity index (χ2n) is 7.99. The summed E-state index contributed by atoms with van der Waals surface area (Å²) in [6.07, 6.45) is 9.02. The van der Waals surface area contributed by atoms with E-state index in [9.17, 15) is 9.18 Å². The van der Waals surface area contributed by atoms with E-state index >= 15 is 0 Å². The molecular weight excluding hydrogens is 371 g/mol. The van der Waals surface area contributed by atoms with Gasteiger partial charge >= 0.3 is 0 Å². The summed E-state index contributed by atoms with van der Waals surface area (Å²) in [6.45, 7) is 0.693. The van der Waals surface area contributed by atoms with Gasteiger partial charge in [-0.05, 0) is 43.9 Å². The first-order chi connectivity index (χ1) is 14.2. The number of hydrogen-bond donors (Lipinski definition) is 1. The Hall–Kier alpha value is -2.47. The molecule has 5 nitrogen and oxygen atoms in total. The van der Waals surface area contributed by atoms with Crippen LogP contribution < -0.4 is 10.1 Å². The topological polar surface area (TPSA) is 60.5 Å². The highest BCUT2D eigenvalue weighted by Crippen LogP contribution is 2.38. The lowest BCUT2D eigenvalue weighted by atomic mass is 9.78. The van der Waals surface area contributed by atoms with Gasteiger partial charge in [0.15, 0.2) is 0 Å². The highest BCUT2D eigenvalue weighted by atomic mass is 19.1. The fraction of sp³-hybridized carbons (Fsp3) is 0.478. The molecule has 4 rings (SSSR count). The van der Waals surface area contributed by atoms with Crippen molar-refractivity contribution in [2.24, 2.45) is 0 Å². The maximum Gasteiger partial charge on any atom is 0.256 e. The van der Waals surface area contributed by atoms with E-state index in [-0.39, 0.29) is 35.9 Å². The highest BCUT2D eigenvalue weighted by molar-refractivity contribution is 5.96. The molecule has 154 valence electrons. The molecule has 29 heavy (non-hydrogen) atoms. The number of carbonyl (C=O) groups is 1. The minimum Gasteiger partial charge on any atom is -0.472 e. The highest BCUT2D eigenvalue weighted by Gasteiger charge is 2.39. The van der Waals surface area contributed by atoms with Crippen molar-refractivity contribution in [1.29, 1.82) is 0 Å². The molecule has 0 bridgehead atoms. The van der Waals surface area contributed by atoms with Gasteiger partial charge in [-0.15, -0.1) is 0 Å². The van der Waals surface area contributed by atoms with Crippen molar-refractivity contribution in [3.05, 3.63) is 59.5 Å². The van der Waals surface area contributed by atoms with Crippen LogP contribution in [-0.2, 0) is 11.3 Å². The Bertz CT molecular complexity index is 846. The van der Waals surface area contributed by atoms with Crippen LogP contribution in [0.5, 0.6) is 5.88 Å². The molecule has 1 aliphatic heterocycles. The van der Waals surface area contributed by atoms with E-state index < -0.39 is 0 Å². The number of aromatic nitrogens is 1. The summed E-state index contributed by atoms with van der Waals surface area (Å²) in [7, 11) is 0. The second-order valence-corrected chi connectivity index (χ2v) is 7.99. The molecule has 1 saturated carbocycles. The molecule has 2 fully saturated rings. The molecule has 0 unspecified atom stereocenters. The predicted octanol–water partition coefficient (Wildman–Crippen LogP) is 4.41. The first-order valence-electron chi connectivity index (χ1n) is 10.4. The van der Waals surface area contributed by atoms with Crippen LogP contribution in [0.2, 0.25) is 0 Å². The summed E-state index contributed by atoms with van der Waals surface area (Å²) >= 11 is 0. The molecule has 2 aromatic rings. The van der Waals surface area contributed by atoms with Crippen LogP contribution in [0.4, 0.5) is 4.39 Å². The molecule has 1 aromatic heterocycles. The van der Waals surface area contributed by atoms with E-state index in [1.54, 1.807) is 36.5 Å². The van der Waals surface area contributed by atoms with Crippen molar-refractivity contribution in [3.8, 4) is 5.88 Å². The molecule has 1 spiro atoms. The Morgan fingerprint density at radius 3 is 2.86 bits per heavy atom. The third-order valence-electron chi connectivity index (χ3n) is 5.93. The number of ether oxygens (including phenoxy) is 2. The molecular formula is C23H27FN2O3. The average Bonchev–Trinajstić information content (AvgIpc) is 2.74. The third kappa shape index (κ3) is 4.75. The van der Waals surface area contributed by atoms with Crippen LogP contribution >= 0.6 is 0 Å². The summed E-state index contributed by atoms with van der Waals surface area (Å²) in [4.78, 5) is 17.1. The van der Waals surface area contributed by atoms with Gasteiger partial charge in [-0.25, -0.2) is 9.37 Å². The van der Waals surface area contributed by atoms with E-state index in [4.69, 9.17) is 9.47 Å². The SMILES string of the molecule is O=C(N[C@H]1CCOC2(CCCCC2)C1)c1cccnc1OCc1ccccc1F. The number of pyridine rings is 1. The number of amides is 1. The smallest absolute Gasteiger partial charge is 0.256 e. The maximum absolute atomic E-state index is 13.8. The first kappa shape index (κ1) is 19.8. The lowest BCUT2D eigenvalue weighted by Crippen LogP contribution is -2.49. The van der Waals surface area contributed by atoms with Gasteiger partial charge < -0.3 is 14.8 Å². The van der Waals surface area contributed by atoms with Gasteiger partial charge in [-0.3, -0.25) is 4.79 Å². The van der Waals surface area contributed by atoms with Gasteiger partial charge in [0.25, 0.3) is 5.91 Å². The summed E-state index contributed by atoms with van der Waals surface area (Å²) in [6, 6.07) is 9.90. The molecule has 1 N–H and O–H groups in total. The molecule has 1 amide bonds. The maximum atomic E-state index is 13.8. The standard InChI is InChI=1S/C23H27FN2O3/c24-20-9-3-2-7-17(20)16-28-22-19(8-6-13-25-22)21(27)26-18-10-14-29-23(15-18)11-4-1-5-12-23/h2-3,6-9,13,18H,1,4-5,10-12,14-16H2,(H,26,27)/t18-/m0/s1. The van der Waals surface area contributed by atoms with Gasteiger partial charge in [0.05, 0.1) is 5.60 Å². The van der Waals surface area contributed by atoms with Crippen LogP contribution in [0.25, 0.3) is 0 Å². The van der Waals surface area contributed by atoms with Crippen molar-refractivity contribution < 1.29 is 18.7 Å². The summed E-state index contributed by atoms with van der Waals surface area (Å²) in [5.41, 5.74) is 0.717. The van der Waals surface area contributed by atoms with Crippen molar-refractivity contribution in [2.75, 3.05) is 6.61 Å². The average molecular weight is 398 g/mol. The normalized spacial score (nSPS) is 20.9. The number of halogens is 1. The number of carbonyl (C=O) groups excluding carboxylic acids is 1. The molecule has 1 aromatic carbocycles. The monoisotopic (exact) mass is 398 g/mol. The second kappa shape index (κ2) is 8.91. The predicted molar refractivity (Wildman–Crippen MR) is 107 cm³/mol. The van der Waals surface area contributed by atoms with Crippen molar-refractivity contribution in [1.82, 2.24) is 10.3 Å². The zero-order chi connectivity index (χ0) is 20.1. The van der Waals surface area contributed by atoms with Crippen LogP contribution in [0.1, 0.15) is 60.9 Å². The zero-order valence-electron chi connectivity index (χ0n) is 16.5. The Morgan fingerprint density at radius 1 is 1.21 bits per heavy atom. The van der Waals surface area contributed by atoms with E-state index in [1.807, 2.05) is 0 Å². The number of benzene rings is 1. The third-order valence-corrected chi connectivity index (χ3v) is 5.93. The van der Waals surface area contributed by atoms with Crippen LogP contribution in [-0.4, -0.2) is 29.1 Å². The van der Waals surface area contributed by atoms with E-state index in [0.29, 0.717) is 17.7 Å². The number of nitrogens with zero attached hydrogens (tertiary/aromatic N) is 1. The van der Waals surface area contributed by atoms with E-state index in [2.05, 4.69) is 10.3 Å². The number of rotatable bonds is 5. The van der Waals surface area contributed by atoms with Crippen molar-refractivity contribution >= 4 is 5.91 Å². The van der Waals surface area contributed by atoms with Crippen molar-refractivity contribution in [2.45, 2.75) is 63.2 Å². The molecule has 6 heteroatoms. The van der Waals surface area contributed by atoms with Crippen LogP contribution in [0, 0.1) is 5.82 Å². The fourth-order valence-electron chi connectivity index (χ4n) is 4.40. The number of hydrogen-bond acceptors (Lipinski definition) is 4. The summed E-state index contributed by atoms with van der Waals surface area (Å²) in [5.74, 6) is -0.332. The van der Waals surface area contributed by atoms with Gasteiger partial charge in [0, 0.05) is 24.4 Å². The van der Waals surface area contributed by atoms with Crippen LogP contribution in [0.15, 0.2) is 42.6 Å². The quantitative estimate of drug-likeness (QED) is 0.810. The zero-order valence-corrected chi connectivity index (χ0v) is 16.5. The van der Waals surface area contributed by atoms with Gasteiger partial charge in [0.1, 0.15) is 18.0 Å². The minimum atomic E-state index is -0.339.